The van der Waals surface area contributed by atoms with Crippen molar-refractivity contribution in [2.45, 2.75) is 62.4 Å². The molecule has 0 unspecified atom stereocenters. The van der Waals surface area contributed by atoms with Gasteiger partial charge in [-0.3, -0.25) is 0 Å². The van der Waals surface area contributed by atoms with E-state index in [0.29, 0.717) is 0 Å². The predicted molar refractivity (Wildman–Crippen MR) is 81.8 cm³/mol. The van der Waals surface area contributed by atoms with Crippen LogP contribution in [-0.2, 0) is 12.2 Å². The first-order valence-electron chi connectivity index (χ1n) is 8.04. The Morgan fingerprint density at radius 3 is 2.75 bits per heavy atom. The Kier molecular flexibility index (Phi) is 5.36. The average Bonchev–Trinajstić information content (AvgIpc) is 3.16. The summed E-state index contributed by atoms with van der Waals surface area (Å²) >= 11 is 2.00. The first kappa shape index (κ1) is 14.4. The second kappa shape index (κ2) is 7.46. The number of thioether (sulfide) groups is 1. The van der Waals surface area contributed by atoms with Gasteiger partial charge in [0.2, 0.25) is 5.89 Å². The number of aryl methyl sites for hydroxylation is 1. The highest BCUT2D eigenvalue weighted by Gasteiger charge is 2.18. The Morgan fingerprint density at radius 2 is 1.95 bits per heavy atom. The molecule has 4 nitrogen and oxygen atoms in total. The molecule has 1 saturated carbocycles. The minimum Gasteiger partial charge on any atom is -0.339 e. The van der Waals surface area contributed by atoms with E-state index in [-0.39, 0.29) is 0 Å². The van der Waals surface area contributed by atoms with Crippen molar-refractivity contribution in [3.63, 3.8) is 0 Å². The summed E-state index contributed by atoms with van der Waals surface area (Å²) in [4.78, 5) is 4.54. The summed E-state index contributed by atoms with van der Waals surface area (Å²) < 4.78 is 5.38. The van der Waals surface area contributed by atoms with Gasteiger partial charge in [-0.1, -0.05) is 18.0 Å². The van der Waals surface area contributed by atoms with Crippen LogP contribution in [0.5, 0.6) is 0 Å². The van der Waals surface area contributed by atoms with E-state index in [1.165, 1.54) is 44.9 Å². The number of nitrogens with one attached hydrogen (secondary N) is 1. The van der Waals surface area contributed by atoms with Gasteiger partial charge in [-0.25, -0.2) is 0 Å². The molecule has 2 fully saturated rings. The summed E-state index contributed by atoms with van der Waals surface area (Å²) in [6.07, 6.45) is 10.2. The van der Waals surface area contributed by atoms with Crippen LogP contribution in [0.3, 0.4) is 0 Å². The number of piperidine rings is 1. The molecule has 1 N–H and O–H groups in total. The van der Waals surface area contributed by atoms with Crippen molar-refractivity contribution in [3.05, 3.63) is 11.7 Å². The van der Waals surface area contributed by atoms with E-state index in [2.05, 4.69) is 15.5 Å². The van der Waals surface area contributed by atoms with Gasteiger partial charge >= 0.3 is 0 Å². The third-order valence-electron chi connectivity index (χ3n) is 4.49. The van der Waals surface area contributed by atoms with Crippen molar-refractivity contribution in [1.29, 1.82) is 0 Å². The van der Waals surface area contributed by atoms with Crippen molar-refractivity contribution >= 4 is 11.8 Å². The van der Waals surface area contributed by atoms with E-state index in [0.717, 1.165) is 48.1 Å². The average molecular weight is 295 g/mol. The number of hydrogen-bond acceptors (Lipinski definition) is 5. The zero-order valence-corrected chi connectivity index (χ0v) is 13.0. The Morgan fingerprint density at radius 1 is 1.15 bits per heavy atom. The lowest BCUT2D eigenvalue weighted by atomic mass is 9.93. The molecule has 0 atom stereocenters. The van der Waals surface area contributed by atoms with Crippen LogP contribution in [0.2, 0.25) is 0 Å². The van der Waals surface area contributed by atoms with Crippen LogP contribution in [0.25, 0.3) is 0 Å². The van der Waals surface area contributed by atoms with Crippen LogP contribution in [0.4, 0.5) is 0 Å². The molecule has 0 amide bonds. The second-order valence-electron chi connectivity index (χ2n) is 6.05. The second-order valence-corrected chi connectivity index (χ2v) is 7.34. The summed E-state index contributed by atoms with van der Waals surface area (Å²) in [5.74, 6) is 3.48. The molecule has 0 aromatic carbocycles. The maximum Gasteiger partial charge on any atom is 0.226 e. The van der Waals surface area contributed by atoms with Crippen LogP contribution >= 0.6 is 11.8 Å². The molecule has 0 bridgehead atoms. The van der Waals surface area contributed by atoms with Crippen LogP contribution in [0.15, 0.2) is 4.52 Å². The van der Waals surface area contributed by atoms with E-state index in [1.807, 2.05) is 11.8 Å². The lowest BCUT2D eigenvalue weighted by molar-refractivity contribution is 0.323. The molecule has 1 aliphatic carbocycles. The lowest BCUT2D eigenvalue weighted by Crippen LogP contribution is -2.27. The Balaban J connectivity index is 1.39. The van der Waals surface area contributed by atoms with E-state index in [4.69, 9.17) is 4.52 Å². The molecule has 5 heteroatoms. The van der Waals surface area contributed by atoms with Gasteiger partial charge in [0.25, 0.3) is 0 Å². The Bertz CT molecular complexity index is 398. The molecule has 1 aromatic rings. The van der Waals surface area contributed by atoms with Gasteiger partial charge in [-0.05, 0) is 51.1 Å². The summed E-state index contributed by atoms with van der Waals surface area (Å²) in [5, 5.41) is 8.35. The van der Waals surface area contributed by atoms with E-state index in [1.54, 1.807) is 0 Å². The maximum absolute atomic E-state index is 5.38. The Hall–Kier alpha value is -0.550. The van der Waals surface area contributed by atoms with Gasteiger partial charge in [0.15, 0.2) is 5.82 Å². The first-order valence-corrected chi connectivity index (χ1v) is 9.09. The van der Waals surface area contributed by atoms with E-state index in [9.17, 15) is 0 Å². The molecule has 2 aliphatic rings. The normalized spacial score (nSPS) is 21.6. The molecular weight excluding hydrogens is 270 g/mol. The smallest absolute Gasteiger partial charge is 0.226 e. The third-order valence-corrected chi connectivity index (χ3v) is 5.85. The van der Waals surface area contributed by atoms with Gasteiger partial charge in [0, 0.05) is 11.7 Å². The number of nitrogens with zero attached hydrogens (tertiary/aromatic N) is 2. The molecule has 0 spiro atoms. The van der Waals surface area contributed by atoms with Crippen LogP contribution in [0, 0.1) is 5.92 Å². The fourth-order valence-electron chi connectivity index (χ4n) is 3.20. The van der Waals surface area contributed by atoms with Crippen LogP contribution in [-0.4, -0.2) is 28.5 Å². The van der Waals surface area contributed by atoms with Gasteiger partial charge < -0.3 is 9.84 Å². The minimum atomic E-state index is 0.826. The van der Waals surface area contributed by atoms with Crippen LogP contribution in [0.1, 0.15) is 56.7 Å². The molecule has 20 heavy (non-hydrogen) atoms. The standard InChI is InChI=1S/C15H25N3OS/c1-2-4-13(3-1)20-11-14-17-15(19-18-14)6-5-12-7-9-16-10-8-12/h12-13,16H,1-11H2. The summed E-state index contributed by atoms with van der Waals surface area (Å²) in [7, 11) is 0. The van der Waals surface area contributed by atoms with Gasteiger partial charge in [0.1, 0.15) is 0 Å². The summed E-state index contributed by atoms with van der Waals surface area (Å²) in [5.41, 5.74) is 0. The highest BCUT2D eigenvalue weighted by atomic mass is 32.2. The number of rotatable bonds is 6. The Labute approximate surface area is 125 Å². The minimum absolute atomic E-state index is 0.826. The first-order chi connectivity index (χ1) is 9.90. The van der Waals surface area contributed by atoms with Crippen molar-refractivity contribution in [3.8, 4) is 0 Å². The highest BCUT2D eigenvalue weighted by molar-refractivity contribution is 7.99. The van der Waals surface area contributed by atoms with Gasteiger partial charge in [-0.2, -0.15) is 16.7 Å². The molecule has 0 radical (unpaired) electrons. The van der Waals surface area contributed by atoms with Crippen molar-refractivity contribution < 1.29 is 4.52 Å². The molecule has 3 rings (SSSR count). The van der Waals surface area contributed by atoms with Gasteiger partial charge in [0.05, 0.1) is 5.75 Å². The fraction of sp³-hybridized carbons (Fsp3) is 0.867. The molecular formula is C15H25N3OS. The summed E-state index contributed by atoms with van der Waals surface area (Å²) in [6.45, 7) is 2.33. The molecule has 2 heterocycles. The molecule has 1 aliphatic heterocycles. The van der Waals surface area contributed by atoms with Crippen molar-refractivity contribution in [2.24, 2.45) is 5.92 Å². The topological polar surface area (TPSA) is 51.0 Å². The summed E-state index contributed by atoms with van der Waals surface area (Å²) in [6, 6.07) is 0. The largest absolute Gasteiger partial charge is 0.339 e. The number of hydrogen-bond donors (Lipinski definition) is 1. The lowest BCUT2D eigenvalue weighted by Gasteiger charge is -2.21. The molecule has 112 valence electrons. The van der Waals surface area contributed by atoms with Crippen molar-refractivity contribution in [2.75, 3.05) is 13.1 Å². The maximum atomic E-state index is 5.38. The molecule has 1 aromatic heterocycles. The van der Waals surface area contributed by atoms with Crippen molar-refractivity contribution in [1.82, 2.24) is 15.5 Å². The van der Waals surface area contributed by atoms with Crippen LogP contribution < -0.4 is 5.32 Å². The SMILES string of the molecule is C1CCC(SCc2noc(CCC3CCNCC3)n2)C1. The molecule has 1 saturated heterocycles. The highest BCUT2D eigenvalue weighted by Crippen LogP contribution is 2.31. The number of aromatic nitrogens is 2. The van der Waals surface area contributed by atoms with Gasteiger partial charge in [-0.15, -0.1) is 0 Å². The monoisotopic (exact) mass is 295 g/mol. The fourth-order valence-corrected chi connectivity index (χ4v) is 4.36. The quantitative estimate of drug-likeness (QED) is 0.873. The predicted octanol–water partition coefficient (Wildman–Crippen LogP) is 3.18. The third kappa shape index (κ3) is 4.22. The van der Waals surface area contributed by atoms with E-state index >= 15 is 0 Å². The van der Waals surface area contributed by atoms with E-state index < -0.39 is 0 Å². The zero-order valence-electron chi connectivity index (χ0n) is 12.1. The zero-order chi connectivity index (χ0) is 13.6.